The summed E-state index contributed by atoms with van der Waals surface area (Å²) in [7, 11) is 0. The minimum Gasteiger partial charge on any atom is -0.376 e. The van der Waals surface area contributed by atoms with Gasteiger partial charge in [-0.15, -0.1) is 0 Å². The fourth-order valence-corrected chi connectivity index (χ4v) is 3.22. The van der Waals surface area contributed by atoms with Crippen molar-refractivity contribution in [2.45, 2.75) is 59.1 Å². The van der Waals surface area contributed by atoms with Crippen LogP contribution < -0.4 is 0 Å². The zero-order valence-corrected chi connectivity index (χ0v) is 12.2. The Bertz CT molecular complexity index is 314. The van der Waals surface area contributed by atoms with Crippen molar-refractivity contribution in [3.05, 3.63) is 0 Å². The molecule has 1 aliphatic carbocycles. The molecule has 0 aromatic rings. The highest BCUT2D eigenvalue weighted by molar-refractivity contribution is 5.82. The molecule has 1 aliphatic heterocycles. The highest BCUT2D eigenvalue weighted by Crippen LogP contribution is 2.37. The van der Waals surface area contributed by atoms with Crippen LogP contribution in [-0.2, 0) is 9.53 Å². The first-order chi connectivity index (χ1) is 8.37. The van der Waals surface area contributed by atoms with Crippen molar-refractivity contribution in [3.8, 4) is 0 Å². The molecule has 0 aromatic carbocycles. The van der Waals surface area contributed by atoms with Gasteiger partial charge in [-0.1, -0.05) is 13.8 Å². The fraction of sp³-hybridized carbons (Fsp3) is 0.933. The van der Waals surface area contributed by atoms with Gasteiger partial charge in [-0.2, -0.15) is 0 Å². The second kappa shape index (κ2) is 5.30. The summed E-state index contributed by atoms with van der Waals surface area (Å²) in [5.41, 5.74) is 0.333. The Morgan fingerprint density at radius 2 is 2.11 bits per heavy atom. The van der Waals surface area contributed by atoms with Crippen molar-refractivity contribution in [3.63, 3.8) is 0 Å². The van der Waals surface area contributed by atoms with Gasteiger partial charge in [0.25, 0.3) is 0 Å². The summed E-state index contributed by atoms with van der Waals surface area (Å²) in [6.45, 7) is 11.6. The zero-order valence-electron chi connectivity index (χ0n) is 12.2. The van der Waals surface area contributed by atoms with E-state index in [-0.39, 0.29) is 5.92 Å². The van der Waals surface area contributed by atoms with Crippen molar-refractivity contribution < 1.29 is 9.53 Å². The van der Waals surface area contributed by atoms with E-state index < -0.39 is 0 Å². The summed E-state index contributed by atoms with van der Waals surface area (Å²) >= 11 is 0. The number of carbonyl (C=O) groups excluding carboxylic acids is 1. The quantitative estimate of drug-likeness (QED) is 0.757. The Kier molecular flexibility index (Phi) is 4.12. The van der Waals surface area contributed by atoms with Gasteiger partial charge in [0.1, 0.15) is 5.78 Å². The van der Waals surface area contributed by atoms with E-state index in [0.29, 0.717) is 23.3 Å². The third kappa shape index (κ3) is 3.33. The molecule has 0 amide bonds. The van der Waals surface area contributed by atoms with Crippen LogP contribution in [0.5, 0.6) is 0 Å². The highest BCUT2D eigenvalue weighted by atomic mass is 16.5. The largest absolute Gasteiger partial charge is 0.376 e. The fourth-order valence-electron chi connectivity index (χ4n) is 3.22. The number of ketones is 1. The predicted octanol–water partition coefficient (Wildman–Crippen LogP) is 2.49. The molecule has 2 fully saturated rings. The lowest BCUT2D eigenvalue weighted by Crippen LogP contribution is -2.50. The summed E-state index contributed by atoms with van der Waals surface area (Å²) < 4.78 is 5.65. The number of hydrogen-bond acceptors (Lipinski definition) is 3. The first-order valence-electron chi connectivity index (χ1n) is 7.26. The molecule has 18 heavy (non-hydrogen) atoms. The normalized spacial score (nSPS) is 37.8. The Hall–Kier alpha value is -0.410. The Morgan fingerprint density at radius 1 is 1.39 bits per heavy atom. The van der Waals surface area contributed by atoms with E-state index in [1.807, 2.05) is 0 Å². The van der Waals surface area contributed by atoms with Gasteiger partial charge >= 0.3 is 0 Å². The molecule has 0 aromatic heterocycles. The SMILES string of the molecule is CC1CN(CC2CC(C)(C)CCC2=O)C(C)CO1. The summed E-state index contributed by atoms with van der Waals surface area (Å²) in [5.74, 6) is 0.710. The minimum absolute atomic E-state index is 0.238. The van der Waals surface area contributed by atoms with Crippen LogP contribution in [0.15, 0.2) is 0 Å². The van der Waals surface area contributed by atoms with Gasteiger partial charge in [-0.25, -0.2) is 0 Å². The molecule has 3 nitrogen and oxygen atoms in total. The van der Waals surface area contributed by atoms with E-state index in [1.54, 1.807) is 0 Å². The number of carbonyl (C=O) groups is 1. The maximum absolute atomic E-state index is 12.1. The van der Waals surface area contributed by atoms with Crippen LogP contribution in [0.4, 0.5) is 0 Å². The third-order valence-electron chi connectivity index (χ3n) is 4.49. The standard InChI is InChI=1S/C15H27NO2/c1-11-10-18-12(2)8-16(11)9-13-7-15(3,4)6-5-14(13)17/h11-13H,5-10H2,1-4H3. The molecule has 0 bridgehead atoms. The molecule has 0 spiro atoms. The van der Waals surface area contributed by atoms with E-state index in [9.17, 15) is 4.79 Å². The molecule has 3 unspecified atom stereocenters. The average molecular weight is 253 g/mol. The van der Waals surface area contributed by atoms with Gasteiger partial charge in [-0.05, 0) is 32.1 Å². The maximum atomic E-state index is 12.1. The zero-order chi connectivity index (χ0) is 13.3. The molecular weight excluding hydrogens is 226 g/mol. The maximum Gasteiger partial charge on any atom is 0.137 e. The lowest BCUT2D eigenvalue weighted by Gasteiger charge is -2.41. The van der Waals surface area contributed by atoms with E-state index in [0.717, 1.165) is 39.0 Å². The topological polar surface area (TPSA) is 29.5 Å². The lowest BCUT2D eigenvalue weighted by atomic mass is 9.71. The van der Waals surface area contributed by atoms with Crippen LogP contribution in [-0.4, -0.2) is 42.5 Å². The predicted molar refractivity (Wildman–Crippen MR) is 72.6 cm³/mol. The number of rotatable bonds is 2. The van der Waals surface area contributed by atoms with Gasteiger partial charge in [0, 0.05) is 31.5 Å². The smallest absolute Gasteiger partial charge is 0.137 e. The van der Waals surface area contributed by atoms with Crippen LogP contribution in [0.1, 0.15) is 47.0 Å². The number of morpholine rings is 1. The van der Waals surface area contributed by atoms with Crippen LogP contribution in [0.3, 0.4) is 0 Å². The molecular formula is C15H27NO2. The van der Waals surface area contributed by atoms with Gasteiger partial charge < -0.3 is 4.74 Å². The Balaban J connectivity index is 1.96. The van der Waals surface area contributed by atoms with E-state index >= 15 is 0 Å². The molecule has 3 heteroatoms. The van der Waals surface area contributed by atoms with Crippen molar-refractivity contribution in [2.24, 2.45) is 11.3 Å². The first-order valence-corrected chi connectivity index (χ1v) is 7.26. The summed E-state index contributed by atoms with van der Waals surface area (Å²) in [4.78, 5) is 14.5. The molecule has 2 aliphatic rings. The molecule has 1 heterocycles. The molecule has 0 radical (unpaired) electrons. The van der Waals surface area contributed by atoms with E-state index in [4.69, 9.17) is 4.74 Å². The van der Waals surface area contributed by atoms with Gasteiger partial charge in [-0.3, -0.25) is 9.69 Å². The van der Waals surface area contributed by atoms with Gasteiger partial charge in [0.15, 0.2) is 0 Å². The average Bonchev–Trinajstić information content (AvgIpc) is 2.28. The third-order valence-corrected chi connectivity index (χ3v) is 4.49. The Morgan fingerprint density at radius 3 is 2.83 bits per heavy atom. The van der Waals surface area contributed by atoms with Crippen molar-refractivity contribution in [1.82, 2.24) is 4.90 Å². The van der Waals surface area contributed by atoms with Gasteiger partial charge in [0.2, 0.25) is 0 Å². The molecule has 2 rings (SSSR count). The minimum atomic E-state index is 0.238. The van der Waals surface area contributed by atoms with Crippen LogP contribution in [0.25, 0.3) is 0 Å². The van der Waals surface area contributed by atoms with E-state index in [2.05, 4.69) is 32.6 Å². The van der Waals surface area contributed by atoms with Crippen molar-refractivity contribution in [1.29, 1.82) is 0 Å². The molecule has 1 saturated carbocycles. The van der Waals surface area contributed by atoms with Crippen LogP contribution in [0.2, 0.25) is 0 Å². The van der Waals surface area contributed by atoms with E-state index in [1.165, 1.54) is 0 Å². The summed E-state index contributed by atoms with van der Waals surface area (Å²) in [6.07, 6.45) is 3.17. The van der Waals surface area contributed by atoms with Gasteiger partial charge in [0.05, 0.1) is 12.7 Å². The molecule has 0 N–H and O–H groups in total. The molecule has 3 atom stereocenters. The van der Waals surface area contributed by atoms with Crippen LogP contribution in [0, 0.1) is 11.3 Å². The summed E-state index contributed by atoms with van der Waals surface area (Å²) in [5, 5.41) is 0. The number of ether oxygens (including phenoxy) is 1. The summed E-state index contributed by atoms with van der Waals surface area (Å²) in [6, 6.07) is 0.444. The number of Topliss-reactive ketones (excluding diaryl/α,β-unsaturated/α-hetero) is 1. The first kappa shape index (κ1) is 14.0. The monoisotopic (exact) mass is 253 g/mol. The lowest BCUT2D eigenvalue weighted by molar-refractivity contribution is -0.129. The molecule has 1 saturated heterocycles. The van der Waals surface area contributed by atoms with Crippen LogP contribution >= 0.6 is 0 Å². The number of hydrogen-bond donors (Lipinski definition) is 0. The second-order valence-electron chi connectivity index (χ2n) is 6.98. The molecule has 104 valence electrons. The second-order valence-corrected chi connectivity index (χ2v) is 6.98. The number of nitrogens with zero attached hydrogens (tertiary/aromatic N) is 1. The van der Waals surface area contributed by atoms with Crippen molar-refractivity contribution >= 4 is 5.78 Å². The Labute approximate surface area is 111 Å². The van der Waals surface area contributed by atoms with Crippen molar-refractivity contribution in [2.75, 3.05) is 19.7 Å². The highest BCUT2D eigenvalue weighted by Gasteiger charge is 2.36.